The second-order valence-electron chi connectivity index (χ2n) is 5.35. The summed E-state index contributed by atoms with van der Waals surface area (Å²) >= 11 is 0. The SMILES string of the molecule is CCOc1ccc(CC(=O)NC2CCCC2CN)cc1. The van der Waals surface area contributed by atoms with Gasteiger partial charge >= 0.3 is 0 Å². The van der Waals surface area contributed by atoms with Crippen LogP contribution in [0, 0.1) is 5.92 Å². The Morgan fingerprint density at radius 1 is 1.35 bits per heavy atom. The Morgan fingerprint density at radius 3 is 2.75 bits per heavy atom. The molecule has 3 N–H and O–H groups in total. The van der Waals surface area contributed by atoms with Gasteiger partial charge in [0.15, 0.2) is 0 Å². The van der Waals surface area contributed by atoms with Crippen LogP contribution < -0.4 is 15.8 Å². The lowest BCUT2D eigenvalue weighted by Gasteiger charge is -2.19. The lowest BCUT2D eigenvalue weighted by atomic mass is 10.0. The third-order valence-electron chi connectivity index (χ3n) is 3.91. The van der Waals surface area contributed by atoms with E-state index in [1.54, 1.807) is 0 Å². The van der Waals surface area contributed by atoms with Crippen molar-refractivity contribution in [2.45, 2.75) is 38.6 Å². The van der Waals surface area contributed by atoms with Crippen LogP contribution in [0.1, 0.15) is 31.7 Å². The Bertz CT molecular complexity index is 431. The minimum Gasteiger partial charge on any atom is -0.494 e. The molecular weight excluding hydrogens is 252 g/mol. The van der Waals surface area contributed by atoms with Crippen LogP contribution in [0.15, 0.2) is 24.3 Å². The molecule has 20 heavy (non-hydrogen) atoms. The fraction of sp³-hybridized carbons (Fsp3) is 0.562. The van der Waals surface area contributed by atoms with E-state index >= 15 is 0 Å². The van der Waals surface area contributed by atoms with Gasteiger partial charge in [-0.3, -0.25) is 4.79 Å². The van der Waals surface area contributed by atoms with Crippen molar-refractivity contribution in [1.29, 1.82) is 0 Å². The number of carbonyl (C=O) groups excluding carboxylic acids is 1. The van der Waals surface area contributed by atoms with Crippen molar-refractivity contribution >= 4 is 5.91 Å². The molecule has 0 bridgehead atoms. The molecule has 0 spiro atoms. The van der Waals surface area contributed by atoms with E-state index in [0.717, 1.165) is 30.6 Å². The maximum absolute atomic E-state index is 12.1. The van der Waals surface area contributed by atoms with Crippen LogP contribution in [0.25, 0.3) is 0 Å². The molecule has 4 nitrogen and oxygen atoms in total. The molecule has 2 atom stereocenters. The third-order valence-corrected chi connectivity index (χ3v) is 3.91. The standard InChI is InChI=1S/C16H24N2O2/c1-2-20-14-8-6-12(7-9-14)10-16(19)18-15-5-3-4-13(15)11-17/h6-9,13,15H,2-5,10-11,17H2,1H3,(H,18,19). The van der Waals surface area contributed by atoms with E-state index < -0.39 is 0 Å². The van der Waals surface area contributed by atoms with Gasteiger partial charge in [0.05, 0.1) is 13.0 Å². The summed E-state index contributed by atoms with van der Waals surface area (Å²) in [5.41, 5.74) is 6.74. The molecule has 2 rings (SSSR count). The highest BCUT2D eigenvalue weighted by Crippen LogP contribution is 2.24. The minimum absolute atomic E-state index is 0.0829. The molecule has 1 aromatic carbocycles. The Kier molecular flexibility index (Phi) is 5.41. The number of hydrogen-bond acceptors (Lipinski definition) is 3. The maximum atomic E-state index is 12.1. The predicted octanol–water partition coefficient (Wildman–Crippen LogP) is 1.87. The van der Waals surface area contributed by atoms with E-state index in [-0.39, 0.29) is 11.9 Å². The van der Waals surface area contributed by atoms with E-state index in [9.17, 15) is 4.79 Å². The van der Waals surface area contributed by atoms with Gasteiger partial charge < -0.3 is 15.8 Å². The van der Waals surface area contributed by atoms with Crippen molar-refractivity contribution in [3.63, 3.8) is 0 Å². The molecule has 1 aliphatic carbocycles. The minimum atomic E-state index is 0.0829. The molecule has 1 fully saturated rings. The highest BCUT2D eigenvalue weighted by molar-refractivity contribution is 5.79. The van der Waals surface area contributed by atoms with Gasteiger partial charge in [0.2, 0.25) is 5.91 Å². The number of benzene rings is 1. The number of hydrogen-bond donors (Lipinski definition) is 2. The number of amides is 1. The number of nitrogens with one attached hydrogen (secondary N) is 1. The van der Waals surface area contributed by atoms with Gasteiger partial charge in [0.25, 0.3) is 0 Å². The smallest absolute Gasteiger partial charge is 0.224 e. The lowest BCUT2D eigenvalue weighted by Crippen LogP contribution is -2.40. The Hall–Kier alpha value is -1.55. The molecule has 2 unspecified atom stereocenters. The van der Waals surface area contributed by atoms with Gasteiger partial charge in [-0.2, -0.15) is 0 Å². The normalized spacial score (nSPS) is 21.7. The van der Waals surface area contributed by atoms with Crippen LogP contribution in [-0.2, 0) is 11.2 Å². The van der Waals surface area contributed by atoms with E-state index in [1.165, 1.54) is 0 Å². The first-order valence-electron chi connectivity index (χ1n) is 7.44. The molecule has 1 aromatic rings. The van der Waals surface area contributed by atoms with Gasteiger partial charge in [-0.25, -0.2) is 0 Å². The van der Waals surface area contributed by atoms with Gasteiger partial charge in [-0.1, -0.05) is 18.6 Å². The first-order valence-corrected chi connectivity index (χ1v) is 7.44. The van der Waals surface area contributed by atoms with Crippen LogP contribution in [0.5, 0.6) is 5.75 Å². The first-order chi connectivity index (χ1) is 9.72. The Balaban J connectivity index is 1.84. The van der Waals surface area contributed by atoms with Gasteiger partial charge in [0.1, 0.15) is 5.75 Å². The molecule has 1 amide bonds. The summed E-state index contributed by atoms with van der Waals surface area (Å²) in [6.07, 6.45) is 3.76. The van der Waals surface area contributed by atoms with Crippen LogP contribution in [0.4, 0.5) is 0 Å². The van der Waals surface area contributed by atoms with Crippen LogP contribution in [-0.4, -0.2) is 25.1 Å². The number of nitrogens with two attached hydrogens (primary N) is 1. The second-order valence-corrected chi connectivity index (χ2v) is 5.35. The third kappa shape index (κ3) is 3.97. The summed E-state index contributed by atoms with van der Waals surface area (Å²) in [5.74, 6) is 1.37. The molecular formula is C16H24N2O2. The largest absolute Gasteiger partial charge is 0.494 e. The van der Waals surface area contributed by atoms with Crippen molar-refractivity contribution in [3.05, 3.63) is 29.8 Å². The predicted molar refractivity (Wildman–Crippen MR) is 79.6 cm³/mol. The molecule has 0 aromatic heterocycles. The monoisotopic (exact) mass is 276 g/mol. The van der Waals surface area contributed by atoms with E-state index in [1.807, 2.05) is 31.2 Å². The first kappa shape index (κ1) is 14.9. The fourth-order valence-corrected chi connectivity index (χ4v) is 2.82. The summed E-state index contributed by atoms with van der Waals surface area (Å²) in [4.78, 5) is 12.1. The van der Waals surface area contributed by atoms with Gasteiger partial charge in [-0.15, -0.1) is 0 Å². The van der Waals surface area contributed by atoms with Gasteiger partial charge in [0, 0.05) is 6.04 Å². The average Bonchev–Trinajstić information content (AvgIpc) is 2.88. The van der Waals surface area contributed by atoms with Crippen molar-refractivity contribution in [2.24, 2.45) is 11.7 Å². The molecule has 1 aliphatic rings. The molecule has 110 valence electrons. The van der Waals surface area contributed by atoms with Crippen molar-refractivity contribution in [1.82, 2.24) is 5.32 Å². The van der Waals surface area contributed by atoms with Crippen LogP contribution in [0.2, 0.25) is 0 Å². The number of carbonyl (C=O) groups is 1. The van der Waals surface area contributed by atoms with Crippen LogP contribution in [0.3, 0.4) is 0 Å². The van der Waals surface area contributed by atoms with Crippen molar-refractivity contribution in [2.75, 3.05) is 13.2 Å². The summed E-state index contributed by atoms with van der Waals surface area (Å²) in [7, 11) is 0. The van der Waals surface area contributed by atoms with Crippen LogP contribution >= 0.6 is 0 Å². The topological polar surface area (TPSA) is 64.3 Å². The maximum Gasteiger partial charge on any atom is 0.224 e. The zero-order chi connectivity index (χ0) is 14.4. The summed E-state index contributed by atoms with van der Waals surface area (Å²) in [5, 5.41) is 3.12. The lowest BCUT2D eigenvalue weighted by molar-refractivity contribution is -0.121. The number of rotatable bonds is 6. The quantitative estimate of drug-likeness (QED) is 0.833. The van der Waals surface area contributed by atoms with Crippen molar-refractivity contribution < 1.29 is 9.53 Å². The second kappa shape index (κ2) is 7.29. The van der Waals surface area contributed by atoms with Gasteiger partial charge in [-0.05, 0) is 49.9 Å². The molecule has 0 radical (unpaired) electrons. The molecule has 0 heterocycles. The Morgan fingerprint density at radius 2 is 2.10 bits per heavy atom. The van der Waals surface area contributed by atoms with E-state index in [2.05, 4.69) is 5.32 Å². The highest BCUT2D eigenvalue weighted by Gasteiger charge is 2.27. The zero-order valence-electron chi connectivity index (χ0n) is 12.1. The fourth-order valence-electron chi connectivity index (χ4n) is 2.82. The van der Waals surface area contributed by atoms with E-state index in [4.69, 9.17) is 10.5 Å². The zero-order valence-corrected chi connectivity index (χ0v) is 12.1. The molecule has 1 saturated carbocycles. The summed E-state index contributed by atoms with van der Waals surface area (Å²) < 4.78 is 5.39. The van der Waals surface area contributed by atoms with Crippen molar-refractivity contribution in [3.8, 4) is 5.75 Å². The Labute approximate surface area is 120 Å². The molecule has 0 aliphatic heterocycles. The summed E-state index contributed by atoms with van der Waals surface area (Å²) in [6.45, 7) is 3.27. The number of ether oxygens (including phenoxy) is 1. The molecule has 0 saturated heterocycles. The van der Waals surface area contributed by atoms with E-state index in [0.29, 0.717) is 25.5 Å². The average molecular weight is 276 g/mol. The highest BCUT2D eigenvalue weighted by atomic mass is 16.5. The molecule has 4 heteroatoms. The summed E-state index contributed by atoms with van der Waals surface area (Å²) in [6, 6.07) is 7.96.